The Morgan fingerprint density at radius 1 is 1.29 bits per heavy atom. The summed E-state index contributed by atoms with van der Waals surface area (Å²) in [6.07, 6.45) is 0. The third-order valence-electron chi connectivity index (χ3n) is 3.37. The lowest BCUT2D eigenvalue weighted by Gasteiger charge is -2.16. The van der Waals surface area contributed by atoms with Gasteiger partial charge in [-0.1, -0.05) is 27.7 Å². The first-order chi connectivity index (χ1) is 6.13. The molecule has 0 bridgehead atoms. The molecule has 1 heterocycles. The highest BCUT2D eigenvalue weighted by atomic mass is 31.2. The zero-order valence-electron chi connectivity index (χ0n) is 9.43. The van der Waals surface area contributed by atoms with Crippen molar-refractivity contribution in [1.82, 2.24) is 4.67 Å². The Balaban J connectivity index is 2.95. The average Bonchev–Trinajstić information content (AvgIpc) is 2.56. The van der Waals surface area contributed by atoms with Crippen LogP contribution in [0.15, 0.2) is 0 Å². The molecule has 84 valence electrons. The van der Waals surface area contributed by atoms with Gasteiger partial charge in [0.05, 0.1) is 0 Å². The Morgan fingerprint density at radius 2 is 1.71 bits per heavy atom. The van der Waals surface area contributed by atoms with E-state index in [1.165, 1.54) is 4.67 Å². The molecular weight excluding hydrogens is 201 g/mol. The van der Waals surface area contributed by atoms with Crippen molar-refractivity contribution in [2.45, 2.75) is 46.2 Å². The lowest BCUT2D eigenvalue weighted by atomic mass is 9.89. The second-order valence-electron chi connectivity index (χ2n) is 4.93. The second kappa shape index (κ2) is 3.31. The number of rotatable bonds is 3. The topological polar surface area (TPSA) is 60.5 Å². The maximum Gasteiger partial charge on any atom is 0.403 e. The SMILES string of the molecule is CC(C)C1[N@](P(=O)(O)O)C1(C)C(C)C. The zero-order chi connectivity index (χ0) is 11.3. The highest BCUT2D eigenvalue weighted by Crippen LogP contribution is 2.64. The molecule has 0 saturated carbocycles. The average molecular weight is 221 g/mol. The minimum atomic E-state index is -4.08. The molecule has 0 aliphatic carbocycles. The molecule has 3 atom stereocenters. The summed E-state index contributed by atoms with van der Waals surface area (Å²) < 4.78 is 12.6. The molecule has 1 saturated heterocycles. The van der Waals surface area contributed by atoms with Gasteiger partial charge in [0.25, 0.3) is 0 Å². The Hall–Kier alpha value is 0.110. The van der Waals surface area contributed by atoms with Crippen LogP contribution < -0.4 is 0 Å². The zero-order valence-corrected chi connectivity index (χ0v) is 10.3. The summed E-state index contributed by atoms with van der Waals surface area (Å²) in [4.78, 5) is 18.4. The largest absolute Gasteiger partial charge is 0.403 e. The van der Waals surface area contributed by atoms with Crippen LogP contribution in [0.2, 0.25) is 0 Å². The van der Waals surface area contributed by atoms with Gasteiger partial charge in [0.1, 0.15) is 0 Å². The van der Waals surface area contributed by atoms with Crippen molar-refractivity contribution >= 4 is 7.75 Å². The summed E-state index contributed by atoms with van der Waals surface area (Å²) in [6.45, 7) is 9.94. The van der Waals surface area contributed by atoms with Gasteiger partial charge in [0.2, 0.25) is 0 Å². The van der Waals surface area contributed by atoms with Gasteiger partial charge >= 0.3 is 7.75 Å². The standard InChI is InChI=1S/C9H20NO3P/c1-6(2)8-9(5,7(3)4)10(8)14(11,12)13/h6-8H,1-5H3,(H2,11,12,13)/t8?,9?,10-/m0/s1. The molecule has 0 amide bonds. The van der Waals surface area contributed by atoms with E-state index in [4.69, 9.17) is 0 Å². The van der Waals surface area contributed by atoms with Crippen molar-refractivity contribution < 1.29 is 14.4 Å². The van der Waals surface area contributed by atoms with E-state index in [0.29, 0.717) is 0 Å². The lowest BCUT2D eigenvalue weighted by Crippen LogP contribution is -2.22. The van der Waals surface area contributed by atoms with Gasteiger partial charge in [0, 0.05) is 11.6 Å². The molecule has 0 aromatic rings. The normalized spacial score (nSPS) is 38.1. The molecular formula is C9H20NO3P. The molecule has 0 spiro atoms. The van der Waals surface area contributed by atoms with Gasteiger partial charge < -0.3 is 9.79 Å². The van der Waals surface area contributed by atoms with Gasteiger partial charge in [-0.05, 0) is 18.8 Å². The smallest absolute Gasteiger partial charge is 0.312 e. The molecule has 1 aliphatic rings. The van der Waals surface area contributed by atoms with Crippen LogP contribution in [0.1, 0.15) is 34.6 Å². The summed E-state index contributed by atoms with van der Waals surface area (Å²) >= 11 is 0. The Kier molecular flexibility index (Phi) is 2.88. The third-order valence-corrected chi connectivity index (χ3v) is 4.61. The van der Waals surface area contributed by atoms with Crippen LogP contribution in [-0.2, 0) is 4.57 Å². The molecule has 14 heavy (non-hydrogen) atoms. The lowest BCUT2D eigenvalue weighted by molar-refractivity contribution is 0.301. The first-order valence-corrected chi connectivity index (χ1v) is 6.55. The van der Waals surface area contributed by atoms with Crippen molar-refractivity contribution in [2.75, 3.05) is 0 Å². The Morgan fingerprint density at radius 3 is 1.79 bits per heavy atom. The van der Waals surface area contributed by atoms with E-state index >= 15 is 0 Å². The van der Waals surface area contributed by atoms with Crippen LogP contribution in [0.3, 0.4) is 0 Å². The fourth-order valence-corrected chi connectivity index (χ4v) is 4.10. The molecule has 1 aliphatic heterocycles. The van der Waals surface area contributed by atoms with Crippen LogP contribution in [0.25, 0.3) is 0 Å². The molecule has 4 nitrogen and oxygen atoms in total. The highest BCUT2D eigenvalue weighted by Gasteiger charge is 2.68. The summed E-state index contributed by atoms with van der Waals surface area (Å²) in [5, 5.41) is 0. The second-order valence-corrected chi connectivity index (χ2v) is 6.38. The van der Waals surface area contributed by atoms with Crippen molar-refractivity contribution in [3.63, 3.8) is 0 Å². The molecule has 0 radical (unpaired) electrons. The number of hydrogen-bond donors (Lipinski definition) is 2. The summed E-state index contributed by atoms with van der Waals surface area (Å²) in [7, 11) is -4.08. The van der Waals surface area contributed by atoms with E-state index in [1.807, 2.05) is 34.6 Å². The maximum atomic E-state index is 11.2. The summed E-state index contributed by atoms with van der Waals surface area (Å²) in [6, 6.07) is 0.00309. The van der Waals surface area contributed by atoms with Crippen LogP contribution in [0.4, 0.5) is 0 Å². The van der Waals surface area contributed by atoms with E-state index in [-0.39, 0.29) is 23.4 Å². The fraction of sp³-hybridized carbons (Fsp3) is 1.00. The van der Waals surface area contributed by atoms with Gasteiger partial charge in [-0.2, -0.15) is 4.67 Å². The van der Waals surface area contributed by atoms with Crippen molar-refractivity contribution in [2.24, 2.45) is 11.8 Å². The van der Waals surface area contributed by atoms with Crippen molar-refractivity contribution in [3.8, 4) is 0 Å². The van der Waals surface area contributed by atoms with Crippen molar-refractivity contribution in [1.29, 1.82) is 0 Å². The van der Waals surface area contributed by atoms with Crippen LogP contribution >= 0.6 is 7.75 Å². The van der Waals surface area contributed by atoms with E-state index < -0.39 is 7.75 Å². The maximum absolute atomic E-state index is 11.2. The molecule has 1 fully saturated rings. The molecule has 2 N–H and O–H groups in total. The van der Waals surface area contributed by atoms with Gasteiger partial charge in [0.15, 0.2) is 0 Å². The van der Waals surface area contributed by atoms with Crippen LogP contribution in [0.5, 0.6) is 0 Å². The summed E-state index contributed by atoms with van der Waals surface area (Å²) in [5.74, 6) is 0.526. The Bertz CT molecular complexity index is 273. The van der Waals surface area contributed by atoms with Crippen LogP contribution in [-0.4, -0.2) is 26.0 Å². The summed E-state index contributed by atoms with van der Waals surface area (Å²) in [5.41, 5.74) is -0.340. The first kappa shape index (κ1) is 12.2. The molecule has 5 heteroatoms. The number of hydrogen-bond acceptors (Lipinski definition) is 1. The van der Waals surface area contributed by atoms with Gasteiger partial charge in [-0.3, -0.25) is 0 Å². The first-order valence-electron chi connectivity index (χ1n) is 4.98. The minimum absolute atomic E-state index is 0.00309. The predicted octanol–water partition coefficient (Wildman–Crippen LogP) is 1.83. The number of nitrogens with zero attached hydrogens (tertiary/aromatic N) is 1. The van der Waals surface area contributed by atoms with E-state index in [0.717, 1.165) is 0 Å². The highest BCUT2D eigenvalue weighted by molar-refractivity contribution is 7.49. The third kappa shape index (κ3) is 1.65. The van der Waals surface area contributed by atoms with Gasteiger partial charge in [-0.15, -0.1) is 0 Å². The predicted molar refractivity (Wildman–Crippen MR) is 55.8 cm³/mol. The monoisotopic (exact) mass is 221 g/mol. The van der Waals surface area contributed by atoms with E-state index in [9.17, 15) is 14.4 Å². The quantitative estimate of drug-likeness (QED) is 0.564. The van der Waals surface area contributed by atoms with Crippen LogP contribution in [0, 0.1) is 11.8 Å². The molecule has 2 unspecified atom stereocenters. The van der Waals surface area contributed by atoms with E-state index in [1.54, 1.807) is 0 Å². The van der Waals surface area contributed by atoms with E-state index in [2.05, 4.69) is 0 Å². The van der Waals surface area contributed by atoms with Gasteiger partial charge in [-0.25, -0.2) is 4.57 Å². The minimum Gasteiger partial charge on any atom is -0.312 e. The molecule has 0 aromatic heterocycles. The van der Waals surface area contributed by atoms with Crippen molar-refractivity contribution in [3.05, 3.63) is 0 Å². The molecule has 0 aromatic carbocycles. The molecule has 1 rings (SSSR count). The fourth-order valence-electron chi connectivity index (χ4n) is 2.42. The Labute approximate surface area is 85.5 Å².